The van der Waals surface area contributed by atoms with Crippen LogP contribution in [0, 0.1) is 0 Å². The molecule has 5 nitrogen and oxygen atoms in total. The minimum atomic E-state index is 0.0780. The van der Waals surface area contributed by atoms with Gasteiger partial charge in [-0.1, -0.05) is 6.07 Å². The molecule has 1 saturated heterocycles. The minimum absolute atomic E-state index is 0.0780. The van der Waals surface area contributed by atoms with Crippen molar-refractivity contribution in [2.24, 2.45) is 0 Å². The predicted molar refractivity (Wildman–Crippen MR) is 68.4 cm³/mol. The van der Waals surface area contributed by atoms with Crippen molar-refractivity contribution in [3.8, 4) is 0 Å². The Morgan fingerprint density at radius 1 is 1.44 bits per heavy atom. The first-order valence-corrected chi connectivity index (χ1v) is 6.25. The van der Waals surface area contributed by atoms with Crippen LogP contribution in [0.2, 0.25) is 0 Å². The molecule has 0 bridgehead atoms. The van der Waals surface area contributed by atoms with Gasteiger partial charge in [0.25, 0.3) is 0 Å². The maximum absolute atomic E-state index is 12.1. The van der Waals surface area contributed by atoms with E-state index in [2.05, 4.69) is 4.98 Å². The van der Waals surface area contributed by atoms with E-state index < -0.39 is 0 Å². The molecule has 5 heteroatoms. The smallest absolute Gasteiger partial charge is 0.319 e. The highest BCUT2D eigenvalue weighted by atomic mass is 16.5. The maximum atomic E-state index is 12.1. The lowest BCUT2D eigenvalue weighted by atomic mass is 10.2. The summed E-state index contributed by atoms with van der Waals surface area (Å²) in [6.07, 6.45) is 2.56. The van der Waals surface area contributed by atoms with Crippen LogP contribution in [0.5, 0.6) is 0 Å². The Morgan fingerprint density at radius 2 is 2.22 bits per heavy atom. The van der Waals surface area contributed by atoms with Crippen molar-refractivity contribution in [3.05, 3.63) is 30.1 Å². The van der Waals surface area contributed by atoms with Crippen LogP contribution in [0.3, 0.4) is 0 Å². The second-order valence-corrected chi connectivity index (χ2v) is 4.37. The van der Waals surface area contributed by atoms with E-state index in [1.807, 2.05) is 30.1 Å². The van der Waals surface area contributed by atoms with Crippen LogP contribution in [0.4, 0.5) is 4.79 Å². The summed E-state index contributed by atoms with van der Waals surface area (Å²) in [6.45, 7) is 3.34. The van der Waals surface area contributed by atoms with Crippen molar-refractivity contribution in [2.45, 2.75) is 6.42 Å². The van der Waals surface area contributed by atoms with E-state index in [9.17, 15) is 4.79 Å². The lowest BCUT2D eigenvalue weighted by Crippen LogP contribution is -2.47. The van der Waals surface area contributed by atoms with Gasteiger partial charge in [0.2, 0.25) is 0 Å². The van der Waals surface area contributed by atoms with Gasteiger partial charge < -0.3 is 14.5 Å². The fourth-order valence-corrected chi connectivity index (χ4v) is 1.92. The molecule has 2 heterocycles. The Balaban J connectivity index is 1.80. The van der Waals surface area contributed by atoms with E-state index in [4.69, 9.17) is 4.74 Å². The number of likely N-dealkylation sites (N-methyl/N-ethyl adjacent to an activating group) is 1. The predicted octanol–water partition coefficient (Wildman–Crippen LogP) is 1.01. The quantitative estimate of drug-likeness (QED) is 0.803. The van der Waals surface area contributed by atoms with E-state index in [1.54, 1.807) is 11.1 Å². The van der Waals surface area contributed by atoms with Gasteiger partial charge in [0.1, 0.15) is 0 Å². The summed E-state index contributed by atoms with van der Waals surface area (Å²) in [5.41, 5.74) is 1.01. The number of ether oxygens (including phenoxy) is 1. The molecule has 0 aromatic carbocycles. The Morgan fingerprint density at radius 3 is 2.89 bits per heavy atom. The number of carbonyl (C=O) groups is 1. The molecule has 1 aliphatic rings. The molecule has 1 fully saturated rings. The SMILES string of the molecule is CN(CCc1ccccn1)C(=O)N1CCOCC1. The molecule has 2 amide bonds. The van der Waals surface area contributed by atoms with Crippen LogP contribution in [-0.2, 0) is 11.2 Å². The molecule has 2 rings (SSSR count). The molecule has 0 atom stereocenters. The molecular weight excluding hydrogens is 230 g/mol. The van der Waals surface area contributed by atoms with Crippen LogP contribution in [0.1, 0.15) is 5.69 Å². The molecule has 98 valence electrons. The standard InChI is InChI=1S/C13H19N3O2/c1-15(7-5-12-4-2-3-6-14-12)13(17)16-8-10-18-11-9-16/h2-4,6H,5,7-11H2,1H3. The zero-order valence-corrected chi connectivity index (χ0v) is 10.7. The number of carbonyl (C=O) groups excluding carboxylic acids is 1. The third-order valence-electron chi connectivity index (χ3n) is 3.04. The first kappa shape index (κ1) is 12.8. The lowest BCUT2D eigenvalue weighted by molar-refractivity contribution is 0.0454. The largest absolute Gasteiger partial charge is 0.378 e. The van der Waals surface area contributed by atoms with Gasteiger partial charge in [-0.05, 0) is 12.1 Å². The average molecular weight is 249 g/mol. The summed E-state index contributed by atoms with van der Waals surface area (Å²) in [5, 5.41) is 0. The summed E-state index contributed by atoms with van der Waals surface area (Å²) in [6, 6.07) is 5.92. The summed E-state index contributed by atoms with van der Waals surface area (Å²) in [7, 11) is 1.83. The zero-order valence-electron chi connectivity index (χ0n) is 10.7. The number of nitrogens with zero attached hydrogens (tertiary/aromatic N) is 3. The fourth-order valence-electron chi connectivity index (χ4n) is 1.92. The molecule has 0 aliphatic carbocycles. The first-order chi connectivity index (χ1) is 8.77. The molecule has 0 N–H and O–H groups in total. The Hall–Kier alpha value is -1.62. The lowest BCUT2D eigenvalue weighted by Gasteiger charge is -2.31. The van der Waals surface area contributed by atoms with Gasteiger partial charge in [-0.25, -0.2) is 4.79 Å². The highest BCUT2D eigenvalue weighted by Gasteiger charge is 2.19. The number of hydrogen-bond acceptors (Lipinski definition) is 3. The second-order valence-electron chi connectivity index (χ2n) is 4.37. The van der Waals surface area contributed by atoms with Crippen molar-refractivity contribution in [1.29, 1.82) is 0 Å². The Labute approximate surface area is 107 Å². The number of rotatable bonds is 3. The van der Waals surface area contributed by atoms with Crippen molar-refractivity contribution in [2.75, 3.05) is 39.9 Å². The first-order valence-electron chi connectivity index (χ1n) is 6.25. The van der Waals surface area contributed by atoms with Gasteiger partial charge in [0.05, 0.1) is 13.2 Å². The Kier molecular flexibility index (Phi) is 4.52. The van der Waals surface area contributed by atoms with Crippen LogP contribution in [0.15, 0.2) is 24.4 Å². The van der Waals surface area contributed by atoms with Gasteiger partial charge >= 0.3 is 6.03 Å². The molecular formula is C13H19N3O2. The molecule has 0 spiro atoms. The van der Waals surface area contributed by atoms with Gasteiger partial charge in [-0.15, -0.1) is 0 Å². The van der Waals surface area contributed by atoms with Crippen molar-refractivity contribution < 1.29 is 9.53 Å². The van der Waals surface area contributed by atoms with Gasteiger partial charge in [-0.3, -0.25) is 4.98 Å². The fraction of sp³-hybridized carbons (Fsp3) is 0.538. The number of hydrogen-bond donors (Lipinski definition) is 0. The number of urea groups is 1. The third kappa shape index (κ3) is 3.43. The van der Waals surface area contributed by atoms with E-state index in [0.717, 1.165) is 12.1 Å². The number of pyridine rings is 1. The monoisotopic (exact) mass is 249 g/mol. The summed E-state index contributed by atoms with van der Waals surface area (Å²) in [4.78, 5) is 19.9. The van der Waals surface area contributed by atoms with E-state index >= 15 is 0 Å². The molecule has 0 unspecified atom stereocenters. The van der Waals surface area contributed by atoms with Gasteiger partial charge in [-0.2, -0.15) is 0 Å². The van der Waals surface area contributed by atoms with Gasteiger partial charge in [0, 0.05) is 45.0 Å². The summed E-state index contributed by atoms with van der Waals surface area (Å²) >= 11 is 0. The van der Waals surface area contributed by atoms with E-state index in [0.29, 0.717) is 32.8 Å². The van der Waals surface area contributed by atoms with Gasteiger partial charge in [0.15, 0.2) is 0 Å². The van der Waals surface area contributed by atoms with E-state index in [1.165, 1.54) is 0 Å². The second kappa shape index (κ2) is 6.35. The average Bonchev–Trinajstić information content (AvgIpc) is 2.46. The van der Waals surface area contributed by atoms with Crippen molar-refractivity contribution in [3.63, 3.8) is 0 Å². The van der Waals surface area contributed by atoms with Crippen LogP contribution in [0.25, 0.3) is 0 Å². The van der Waals surface area contributed by atoms with Crippen LogP contribution in [-0.4, -0.2) is 60.7 Å². The molecule has 0 saturated carbocycles. The summed E-state index contributed by atoms with van der Waals surface area (Å²) in [5.74, 6) is 0. The highest BCUT2D eigenvalue weighted by molar-refractivity contribution is 5.74. The number of aromatic nitrogens is 1. The molecule has 0 radical (unpaired) electrons. The normalized spacial score (nSPS) is 15.5. The topological polar surface area (TPSA) is 45.7 Å². The maximum Gasteiger partial charge on any atom is 0.319 e. The molecule has 1 aliphatic heterocycles. The molecule has 18 heavy (non-hydrogen) atoms. The Bertz CT molecular complexity index is 377. The summed E-state index contributed by atoms with van der Waals surface area (Å²) < 4.78 is 5.24. The zero-order chi connectivity index (χ0) is 12.8. The highest BCUT2D eigenvalue weighted by Crippen LogP contribution is 2.03. The minimum Gasteiger partial charge on any atom is -0.378 e. The third-order valence-corrected chi connectivity index (χ3v) is 3.04. The van der Waals surface area contributed by atoms with Crippen LogP contribution < -0.4 is 0 Å². The number of morpholine rings is 1. The number of amides is 2. The van der Waals surface area contributed by atoms with Crippen molar-refractivity contribution >= 4 is 6.03 Å². The molecule has 1 aromatic heterocycles. The van der Waals surface area contributed by atoms with Crippen molar-refractivity contribution in [1.82, 2.24) is 14.8 Å². The van der Waals surface area contributed by atoms with E-state index in [-0.39, 0.29) is 6.03 Å². The molecule has 1 aromatic rings. The van der Waals surface area contributed by atoms with Crippen LogP contribution >= 0.6 is 0 Å².